The molecule has 1 aromatic carbocycles. The van der Waals surface area contributed by atoms with Gasteiger partial charge in [-0.15, -0.1) is 0 Å². The van der Waals surface area contributed by atoms with Crippen molar-refractivity contribution in [3.8, 4) is 0 Å². The Balaban J connectivity index is 2.18. The quantitative estimate of drug-likeness (QED) is 0.832. The molecule has 0 radical (unpaired) electrons. The zero-order valence-electron chi connectivity index (χ0n) is 10.6. The van der Waals surface area contributed by atoms with E-state index in [9.17, 15) is 0 Å². The molecule has 0 aliphatic carbocycles. The van der Waals surface area contributed by atoms with Gasteiger partial charge in [-0.05, 0) is 37.1 Å². The third-order valence-electron chi connectivity index (χ3n) is 3.25. The molecule has 0 unspecified atom stereocenters. The van der Waals surface area contributed by atoms with Crippen LogP contribution < -0.4 is 10.6 Å². The molecule has 0 atom stereocenters. The maximum Gasteiger partial charge on any atom is 0.0409 e. The summed E-state index contributed by atoms with van der Waals surface area (Å²) in [5.41, 5.74) is 9.47. The molecule has 0 saturated carbocycles. The Kier molecular flexibility index (Phi) is 4.18. The van der Waals surface area contributed by atoms with Crippen LogP contribution >= 0.6 is 11.8 Å². The summed E-state index contributed by atoms with van der Waals surface area (Å²) in [5, 5.41) is 0. The molecule has 2 N–H and O–H groups in total. The lowest BCUT2D eigenvalue weighted by Crippen LogP contribution is -2.44. The van der Waals surface area contributed by atoms with Crippen molar-refractivity contribution in [1.29, 1.82) is 0 Å². The average molecular weight is 251 g/mol. The Morgan fingerprint density at radius 3 is 2.59 bits per heavy atom. The van der Waals surface area contributed by atoms with Crippen molar-refractivity contribution in [2.45, 2.75) is 5.75 Å². The lowest BCUT2D eigenvalue weighted by Gasteiger charge is -2.35. The largest absolute Gasteiger partial charge is 0.399 e. The Bertz CT molecular complexity index is 373. The molecule has 0 bridgehead atoms. The summed E-state index contributed by atoms with van der Waals surface area (Å²) in [7, 11) is 2.18. The van der Waals surface area contributed by atoms with Crippen LogP contribution in [-0.4, -0.2) is 44.4 Å². The molecule has 1 aliphatic rings. The van der Waals surface area contributed by atoms with Crippen LogP contribution in [-0.2, 0) is 5.75 Å². The van der Waals surface area contributed by atoms with E-state index >= 15 is 0 Å². The lowest BCUT2D eigenvalue weighted by atomic mass is 10.1. The Hall–Kier alpha value is -0.870. The standard InChI is InChI=1S/C13H21N3S/c1-15-5-7-16(8-6-15)13-4-3-12(14)9-11(13)10-17-2/h3-4,9H,5-8,10,14H2,1-2H3. The van der Waals surface area contributed by atoms with Gasteiger partial charge in [0, 0.05) is 43.3 Å². The second-order valence-electron chi connectivity index (χ2n) is 4.61. The van der Waals surface area contributed by atoms with E-state index in [-0.39, 0.29) is 0 Å². The predicted octanol–water partition coefficient (Wildman–Crippen LogP) is 1.88. The predicted molar refractivity (Wildman–Crippen MR) is 77.8 cm³/mol. The minimum atomic E-state index is 0.868. The molecule has 3 nitrogen and oxygen atoms in total. The number of nitrogens with two attached hydrogens (primary N) is 1. The highest BCUT2D eigenvalue weighted by Gasteiger charge is 2.16. The van der Waals surface area contributed by atoms with Crippen molar-refractivity contribution in [3.05, 3.63) is 23.8 Å². The molecule has 1 aliphatic heterocycles. The number of hydrogen-bond donors (Lipinski definition) is 1. The van der Waals surface area contributed by atoms with Crippen molar-refractivity contribution in [2.75, 3.05) is 50.1 Å². The number of thioether (sulfide) groups is 1. The molecule has 1 heterocycles. The number of nitrogen functional groups attached to an aromatic ring is 1. The second-order valence-corrected chi connectivity index (χ2v) is 5.48. The number of rotatable bonds is 3. The van der Waals surface area contributed by atoms with Gasteiger partial charge in [-0.3, -0.25) is 0 Å². The van der Waals surface area contributed by atoms with Crippen molar-refractivity contribution in [3.63, 3.8) is 0 Å². The van der Waals surface area contributed by atoms with Crippen molar-refractivity contribution < 1.29 is 0 Å². The first-order chi connectivity index (χ1) is 8.20. The van der Waals surface area contributed by atoms with Crippen LogP contribution in [0.15, 0.2) is 18.2 Å². The zero-order valence-corrected chi connectivity index (χ0v) is 11.5. The van der Waals surface area contributed by atoms with Gasteiger partial charge in [0.2, 0.25) is 0 Å². The zero-order chi connectivity index (χ0) is 12.3. The van der Waals surface area contributed by atoms with Gasteiger partial charge < -0.3 is 15.5 Å². The van der Waals surface area contributed by atoms with E-state index in [1.807, 2.05) is 17.8 Å². The van der Waals surface area contributed by atoms with Crippen molar-refractivity contribution in [1.82, 2.24) is 4.90 Å². The highest BCUT2D eigenvalue weighted by Crippen LogP contribution is 2.27. The Morgan fingerprint density at radius 2 is 1.94 bits per heavy atom. The molecular weight excluding hydrogens is 230 g/mol. The van der Waals surface area contributed by atoms with Gasteiger partial charge in [0.1, 0.15) is 0 Å². The molecule has 17 heavy (non-hydrogen) atoms. The Labute approximate surface area is 108 Å². The van der Waals surface area contributed by atoms with E-state index in [0.29, 0.717) is 0 Å². The van der Waals surface area contributed by atoms with E-state index in [4.69, 9.17) is 5.73 Å². The van der Waals surface area contributed by atoms with E-state index in [2.05, 4.69) is 35.2 Å². The Morgan fingerprint density at radius 1 is 1.24 bits per heavy atom. The number of benzene rings is 1. The van der Waals surface area contributed by atoms with E-state index < -0.39 is 0 Å². The maximum atomic E-state index is 5.87. The molecule has 2 rings (SSSR count). The first-order valence-electron chi connectivity index (χ1n) is 6.01. The fourth-order valence-corrected chi connectivity index (χ4v) is 2.77. The van der Waals surface area contributed by atoms with E-state index in [0.717, 1.165) is 37.6 Å². The summed E-state index contributed by atoms with van der Waals surface area (Å²) >= 11 is 1.85. The first kappa shape index (κ1) is 12.6. The molecule has 94 valence electrons. The third kappa shape index (κ3) is 3.07. The maximum absolute atomic E-state index is 5.87. The van der Waals surface area contributed by atoms with Gasteiger partial charge in [-0.2, -0.15) is 11.8 Å². The summed E-state index contributed by atoms with van der Waals surface area (Å²) in [5.74, 6) is 1.03. The van der Waals surface area contributed by atoms with Gasteiger partial charge in [0.05, 0.1) is 0 Å². The minimum Gasteiger partial charge on any atom is -0.399 e. The van der Waals surface area contributed by atoms with Crippen LogP contribution in [0, 0.1) is 0 Å². The average Bonchev–Trinajstić information content (AvgIpc) is 2.31. The van der Waals surface area contributed by atoms with E-state index in [1.165, 1.54) is 11.3 Å². The normalized spacial score (nSPS) is 17.4. The van der Waals surface area contributed by atoms with Gasteiger partial charge in [-0.25, -0.2) is 0 Å². The molecular formula is C13H21N3S. The molecule has 1 aromatic rings. The lowest BCUT2D eigenvalue weighted by molar-refractivity contribution is 0.312. The first-order valence-corrected chi connectivity index (χ1v) is 7.41. The second kappa shape index (κ2) is 5.65. The highest BCUT2D eigenvalue weighted by molar-refractivity contribution is 7.97. The summed E-state index contributed by atoms with van der Waals surface area (Å²) in [6, 6.07) is 6.30. The van der Waals surface area contributed by atoms with Gasteiger partial charge in [0.15, 0.2) is 0 Å². The molecule has 1 saturated heterocycles. The molecule has 4 heteroatoms. The van der Waals surface area contributed by atoms with Gasteiger partial charge >= 0.3 is 0 Å². The number of nitrogens with zero attached hydrogens (tertiary/aromatic N) is 2. The fraction of sp³-hybridized carbons (Fsp3) is 0.538. The third-order valence-corrected chi connectivity index (χ3v) is 3.85. The highest BCUT2D eigenvalue weighted by atomic mass is 32.2. The molecule has 0 spiro atoms. The van der Waals surface area contributed by atoms with Gasteiger partial charge in [-0.1, -0.05) is 0 Å². The summed E-state index contributed by atoms with van der Waals surface area (Å²) in [6.07, 6.45) is 2.14. The van der Waals surface area contributed by atoms with E-state index in [1.54, 1.807) is 0 Å². The molecule has 1 fully saturated rings. The topological polar surface area (TPSA) is 32.5 Å². The van der Waals surface area contributed by atoms with Crippen molar-refractivity contribution in [2.24, 2.45) is 0 Å². The summed E-state index contributed by atoms with van der Waals surface area (Å²) < 4.78 is 0. The van der Waals surface area contributed by atoms with Crippen LogP contribution in [0.2, 0.25) is 0 Å². The monoisotopic (exact) mass is 251 g/mol. The summed E-state index contributed by atoms with van der Waals surface area (Å²) in [4.78, 5) is 4.85. The van der Waals surface area contributed by atoms with Crippen LogP contribution in [0.3, 0.4) is 0 Å². The van der Waals surface area contributed by atoms with Crippen LogP contribution in [0.5, 0.6) is 0 Å². The smallest absolute Gasteiger partial charge is 0.0409 e. The minimum absolute atomic E-state index is 0.868. The van der Waals surface area contributed by atoms with Crippen LogP contribution in [0.4, 0.5) is 11.4 Å². The molecule has 0 aromatic heterocycles. The van der Waals surface area contributed by atoms with Gasteiger partial charge in [0.25, 0.3) is 0 Å². The summed E-state index contributed by atoms with van der Waals surface area (Å²) in [6.45, 7) is 4.51. The number of anilines is 2. The van der Waals surface area contributed by atoms with Crippen molar-refractivity contribution >= 4 is 23.1 Å². The van der Waals surface area contributed by atoms with Crippen LogP contribution in [0.1, 0.15) is 5.56 Å². The number of likely N-dealkylation sites (N-methyl/N-ethyl adjacent to an activating group) is 1. The SMILES string of the molecule is CSCc1cc(N)ccc1N1CCN(C)CC1. The van der Waals surface area contributed by atoms with Crippen LogP contribution in [0.25, 0.3) is 0 Å². The fourth-order valence-electron chi connectivity index (χ4n) is 2.23. The number of hydrogen-bond acceptors (Lipinski definition) is 4. The molecule has 0 amide bonds. The number of piperazine rings is 1.